The topological polar surface area (TPSA) is 92.1 Å². The third-order valence-electron chi connectivity index (χ3n) is 4.58. The van der Waals surface area contributed by atoms with Crippen molar-refractivity contribution in [3.63, 3.8) is 0 Å². The van der Waals surface area contributed by atoms with E-state index in [1.165, 1.54) is 11.8 Å². The molecule has 144 valence electrons. The Morgan fingerprint density at radius 2 is 1.89 bits per heavy atom. The number of nitriles is 1. The van der Waals surface area contributed by atoms with Gasteiger partial charge >= 0.3 is 5.97 Å². The maximum Gasteiger partial charge on any atom is 0.341 e. The number of aromatic nitrogens is 1. The van der Waals surface area contributed by atoms with E-state index in [1.807, 2.05) is 30.3 Å². The van der Waals surface area contributed by atoms with Gasteiger partial charge in [-0.2, -0.15) is 5.26 Å². The lowest BCUT2D eigenvalue weighted by Crippen LogP contribution is -2.50. The van der Waals surface area contributed by atoms with Crippen LogP contribution in [0.4, 0.5) is 0 Å². The Labute approximate surface area is 168 Å². The van der Waals surface area contributed by atoms with Gasteiger partial charge < -0.3 is 10.1 Å². The summed E-state index contributed by atoms with van der Waals surface area (Å²) in [7, 11) is 0. The van der Waals surface area contributed by atoms with Crippen molar-refractivity contribution in [1.29, 1.82) is 5.26 Å². The van der Waals surface area contributed by atoms with Crippen LogP contribution in [0.15, 0.2) is 58.6 Å². The van der Waals surface area contributed by atoms with Crippen molar-refractivity contribution in [1.82, 2.24) is 10.3 Å². The molecule has 0 saturated heterocycles. The summed E-state index contributed by atoms with van der Waals surface area (Å²) >= 11 is 1.35. The van der Waals surface area contributed by atoms with Crippen molar-refractivity contribution in [2.24, 2.45) is 0 Å². The second-order valence-corrected chi connectivity index (χ2v) is 7.71. The fourth-order valence-corrected chi connectivity index (χ4v) is 4.05. The maximum absolute atomic E-state index is 12.5. The van der Waals surface area contributed by atoms with Crippen molar-refractivity contribution < 1.29 is 14.3 Å². The van der Waals surface area contributed by atoms with Gasteiger partial charge in [0.1, 0.15) is 10.6 Å². The lowest BCUT2D eigenvalue weighted by atomic mass is 9.83. The molecule has 7 heteroatoms. The Morgan fingerprint density at radius 1 is 1.14 bits per heavy atom. The Hall–Kier alpha value is -2.85. The highest BCUT2D eigenvalue weighted by Crippen LogP contribution is 2.29. The molecule has 0 atom stereocenters. The summed E-state index contributed by atoms with van der Waals surface area (Å²) in [5.74, 6) is -1.07. The zero-order chi connectivity index (χ0) is 19.8. The van der Waals surface area contributed by atoms with E-state index in [0.717, 1.165) is 24.2 Å². The summed E-state index contributed by atoms with van der Waals surface area (Å²) < 4.78 is 5.19. The molecule has 1 aromatic heterocycles. The Morgan fingerprint density at radius 3 is 2.61 bits per heavy atom. The zero-order valence-corrected chi connectivity index (χ0v) is 16.2. The Balaban J connectivity index is 1.61. The zero-order valence-electron chi connectivity index (χ0n) is 15.4. The number of hydrogen-bond acceptors (Lipinski definition) is 6. The first-order chi connectivity index (χ1) is 13.6. The van der Waals surface area contributed by atoms with Crippen LogP contribution in [0.3, 0.4) is 0 Å². The summed E-state index contributed by atoms with van der Waals surface area (Å²) in [6.07, 6.45) is 5.74. The largest absolute Gasteiger partial charge is 0.452 e. The first-order valence-electron chi connectivity index (χ1n) is 9.19. The molecule has 1 saturated carbocycles. The fourth-order valence-electron chi connectivity index (χ4n) is 3.16. The number of nitrogens with zero attached hydrogens (tertiary/aromatic N) is 2. The number of amides is 1. The van der Waals surface area contributed by atoms with Crippen LogP contribution in [0, 0.1) is 11.3 Å². The van der Waals surface area contributed by atoms with Gasteiger partial charge in [-0.3, -0.25) is 4.79 Å². The van der Waals surface area contributed by atoms with E-state index < -0.39 is 24.0 Å². The SMILES string of the molecule is N#CC1(NC(=O)COC(=O)c2cccnc2Sc2ccccc2)CCCCC1. The van der Waals surface area contributed by atoms with Gasteiger partial charge in [-0.1, -0.05) is 49.2 Å². The van der Waals surface area contributed by atoms with Crippen LogP contribution in [0.2, 0.25) is 0 Å². The molecule has 1 aromatic carbocycles. The Bertz CT molecular complexity index is 874. The molecule has 0 bridgehead atoms. The predicted octanol–water partition coefficient (Wildman–Crippen LogP) is 3.73. The average molecular weight is 395 g/mol. The molecule has 1 aliphatic rings. The van der Waals surface area contributed by atoms with E-state index in [0.29, 0.717) is 23.4 Å². The van der Waals surface area contributed by atoms with Gasteiger partial charge in [0.25, 0.3) is 5.91 Å². The van der Waals surface area contributed by atoms with Gasteiger partial charge in [0.15, 0.2) is 6.61 Å². The fraction of sp³-hybridized carbons (Fsp3) is 0.333. The van der Waals surface area contributed by atoms with Crippen molar-refractivity contribution in [3.8, 4) is 6.07 Å². The minimum Gasteiger partial charge on any atom is -0.452 e. The first-order valence-corrected chi connectivity index (χ1v) is 10.0. The van der Waals surface area contributed by atoms with Crippen LogP contribution in [0.5, 0.6) is 0 Å². The van der Waals surface area contributed by atoms with Crippen LogP contribution in [-0.2, 0) is 9.53 Å². The highest BCUT2D eigenvalue weighted by atomic mass is 32.2. The number of carbonyl (C=O) groups excluding carboxylic acids is 2. The molecule has 0 aliphatic heterocycles. The average Bonchev–Trinajstić information content (AvgIpc) is 2.74. The molecule has 1 aliphatic carbocycles. The molecule has 1 heterocycles. The van der Waals surface area contributed by atoms with E-state index >= 15 is 0 Å². The molecule has 0 spiro atoms. The molecule has 1 N–H and O–H groups in total. The van der Waals surface area contributed by atoms with Crippen LogP contribution >= 0.6 is 11.8 Å². The predicted molar refractivity (Wildman–Crippen MR) is 105 cm³/mol. The van der Waals surface area contributed by atoms with E-state index in [2.05, 4.69) is 16.4 Å². The molecule has 1 fully saturated rings. The van der Waals surface area contributed by atoms with Crippen molar-refractivity contribution in [2.45, 2.75) is 47.6 Å². The van der Waals surface area contributed by atoms with Crippen molar-refractivity contribution >= 4 is 23.6 Å². The van der Waals surface area contributed by atoms with Gasteiger partial charge in [-0.25, -0.2) is 9.78 Å². The smallest absolute Gasteiger partial charge is 0.341 e. The molecular formula is C21H21N3O3S. The number of carbonyl (C=O) groups is 2. The van der Waals surface area contributed by atoms with Crippen LogP contribution in [0.1, 0.15) is 42.5 Å². The highest BCUT2D eigenvalue weighted by Gasteiger charge is 2.33. The molecule has 28 heavy (non-hydrogen) atoms. The number of ether oxygens (including phenoxy) is 1. The minimum absolute atomic E-state index is 0.303. The summed E-state index contributed by atoms with van der Waals surface area (Å²) in [5, 5.41) is 12.7. The standard InChI is InChI=1S/C21H21N3O3S/c22-15-21(11-5-2-6-12-21)24-18(25)14-27-20(26)17-10-7-13-23-19(17)28-16-8-3-1-4-9-16/h1,3-4,7-10,13H,2,5-6,11-12,14H2,(H,24,25). The molecule has 2 aromatic rings. The summed E-state index contributed by atoms with van der Waals surface area (Å²) in [6, 6.07) is 15.1. The third-order valence-corrected chi connectivity index (χ3v) is 5.61. The van der Waals surface area contributed by atoms with Gasteiger partial charge in [-0.15, -0.1) is 0 Å². The van der Waals surface area contributed by atoms with Gasteiger partial charge in [-0.05, 0) is 37.1 Å². The number of hydrogen-bond donors (Lipinski definition) is 1. The Kier molecular flexibility index (Phi) is 6.66. The molecule has 6 nitrogen and oxygen atoms in total. The first kappa shape index (κ1) is 19.9. The molecule has 0 radical (unpaired) electrons. The normalized spacial score (nSPS) is 15.2. The van der Waals surface area contributed by atoms with Gasteiger partial charge in [0.2, 0.25) is 0 Å². The van der Waals surface area contributed by atoms with Crippen LogP contribution < -0.4 is 5.32 Å². The molecule has 0 unspecified atom stereocenters. The second-order valence-electron chi connectivity index (χ2n) is 6.65. The number of benzene rings is 1. The summed E-state index contributed by atoms with van der Waals surface area (Å²) in [4.78, 5) is 29.9. The lowest BCUT2D eigenvalue weighted by molar-refractivity contribution is -0.125. The van der Waals surface area contributed by atoms with E-state index in [9.17, 15) is 14.9 Å². The quantitative estimate of drug-likeness (QED) is 0.749. The summed E-state index contributed by atoms with van der Waals surface area (Å²) in [6.45, 7) is -0.424. The molecule has 1 amide bonds. The van der Waals surface area contributed by atoms with Crippen LogP contribution in [-0.4, -0.2) is 29.0 Å². The maximum atomic E-state index is 12.5. The van der Waals surface area contributed by atoms with E-state index in [-0.39, 0.29) is 0 Å². The number of rotatable bonds is 6. The number of nitrogens with one attached hydrogen (secondary N) is 1. The minimum atomic E-state index is -0.843. The lowest BCUT2D eigenvalue weighted by Gasteiger charge is -2.31. The summed E-state index contributed by atoms with van der Waals surface area (Å²) in [5.41, 5.74) is -0.540. The number of pyridine rings is 1. The van der Waals surface area contributed by atoms with Gasteiger partial charge in [0, 0.05) is 11.1 Å². The second kappa shape index (κ2) is 9.38. The molecular weight excluding hydrogens is 374 g/mol. The third kappa shape index (κ3) is 5.11. The van der Waals surface area contributed by atoms with Crippen LogP contribution in [0.25, 0.3) is 0 Å². The van der Waals surface area contributed by atoms with Crippen molar-refractivity contribution in [2.75, 3.05) is 6.61 Å². The molecule has 3 rings (SSSR count). The van der Waals surface area contributed by atoms with E-state index in [1.54, 1.807) is 18.3 Å². The van der Waals surface area contributed by atoms with Crippen molar-refractivity contribution in [3.05, 3.63) is 54.2 Å². The van der Waals surface area contributed by atoms with E-state index in [4.69, 9.17) is 4.74 Å². The number of esters is 1. The van der Waals surface area contributed by atoms with Gasteiger partial charge in [0.05, 0.1) is 11.6 Å². The monoisotopic (exact) mass is 395 g/mol. The highest BCUT2D eigenvalue weighted by molar-refractivity contribution is 7.99.